The van der Waals surface area contributed by atoms with Gasteiger partial charge in [-0.3, -0.25) is 0 Å². The smallest absolute Gasteiger partial charge is 0.335 e. The fourth-order valence-corrected chi connectivity index (χ4v) is 2.70. The van der Waals surface area contributed by atoms with Gasteiger partial charge in [-0.15, -0.1) is 0 Å². The first-order valence-electron chi connectivity index (χ1n) is 6.00. The summed E-state index contributed by atoms with van der Waals surface area (Å²) in [5, 5.41) is 18.3. The molecule has 7 heteroatoms. The average Bonchev–Trinajstić information content (AvgIpc) is 2.46. The number of aromatic carboxylic acids is 1. The van der Waals surface area contributed by atoms with Gasteiger partial charge in [0.25, 0.3) is 0 Å². The molecule has 0 saturated heterocycles. The van der Waals surface area contributed by atoms with Crippen LogP contribution in [-0.2, 0) is 16.6 Å². The molecule has 0 unspecified atom stereocenters. The van der Waals surface area contributed by atoms with Crippen LogP contribution in [-0.4, -0.2) is 24.6 Å². The SMILES string of the molecule is O=C(O)c1ccc(S(=O)(=O)NCc2ccccc2O)cc1. The molecule has 0 radical (unpaired) electrons. The van der Waals surface area contributed by atoms with E-state index in [1.807, 2.05) is 0 Å². The molecule has 0 spiro atoms. The number of sulfonamides is 1. The summed E-state index contributed by atoms with van der Waals surface area (Å²) in [6.07, 6.45) is 0. The van der Waals surface area contributed by atoms with Crippen molar-refractivity contribution >= 4 is 16.0 Å². The number of carbonyl (C=O) groups is 1. The number of phenolic OH excluding ortho intramolecular Hbond substituents is 1. The molecule has 2 aromatic rings. The normalized spacial score (nSPS) is 11.2. The summed E-state index contributed by atoms with van der Waals surface area (Å²) < 4.78 is 26.5. The summed E-state index contributed by atoms with van der Waals surface area (Å²) in [7, 11) is -3.77. The lowest BCUT2D eigenvalue weighted by molar-refractivity contribution is 0.0696. The van der Waals surface area contributed by atoms with Gasteiger partial charge in [0.2, 0.25) is 10.0 Å². The molecule has 110 valence electrons. The first-order chi connectivity index (χ1) is 9.90. The number of carboxylic acids is 1. The van der Waals surface area contributed by atoms with E-state index < -0.39 is 16.0 Å². The molecule has 3 N–H and O–H groups in total. The van der Waals surface area contributed by atoms with Crippen LogP contribution >= 0.6 is 0 Å². The zero-order chi connectivity index (χ0) is 15.5. The van der Waals surface area contributed by atoms with E-state index in [9.17, 15) is 18.3 Å². The highest BCUT2D eigenvalue weighted by molar-refractivity contribution is 7.89. The third kappa shape index (κ3) is 3.59. The van der Waals surface area contributed by atoms with Crippen molar-refractivity contribution in [2.75, 3.05) is 0 Å². The van der Waals surface area contributed by atoms with Crippen LogP contribution in [0.1, 0.15) is 15.9 Å². The number of aromatic hydroxyl groups is 1. The van der Waals surface area contributed by atoms with Gasteiger partial charge < -0.3 is 10.2 Å². The zero-order valence-corrected chi connectivity index (χ0v) is 11.7. The lowest BCUT2D eigenvalue weighted by atomic mass is 10.2. The molecule has 0 heterocycles. The van der Waals surface area contributed by atoms with E-state index in [2.05, 4.69) is 4.72 Å². The minimum absolute atomic E-state index is 0.00132. The van der Waals surface area contributed by atoms with E-state index in [-0.39, 0.29) is 22.8 Å². The largest absolute Gasteiger partial charge is 0.508 e. The van der Waals surface area contributed by atoms with Gasteiger partial charge in [0.1, 0.15) is 5.75 Å². The second-order valence-electron chi connectivity index (χ2n) is 4.28. The number of hydrogen-bond acceptors (Lipinski definition) is 4. The summed E-state index contributed by atoms with van der Waals surface area (Å²) in [5.41, 5.74) is 0.456. The topological polar surface area (TPSA) is 104 Å². The summed E-state index contributed by atoms with van der Waals surface area (Å²) in [4.78, 5) is 10.7. The number of carboxylic acid groups (broad SMARTS) is 1. The van der Waals surface area contributed by atoms with Crippen LogP contribution in [0.2, 0.25) is 0 Å². The lowest BCUT2D eigenvalue weighted by Crippen LogP contribution is -2.23. The van der Waals surface area contributed by atoms with E-state index in [1.165, 1.54) is 30.3 Å². The summed E-state index contributed by atoms with van der Waals surface area (Å²) in [6.45, 7) is -0.0598. The van der Waals surface area contributed by atoms with E-state index in [0.717, 1.165) is 0 Å². The summed E-state index contributed by atoms with van der Waals surface area (Å²) >= 11 is 0. The van der Waals surface area contributed by atoms with Gasteiger partial charge in [-0.25, -0.2) is 17.9 Å². The summed E-state index contributed by atoms with van der Waals surface area (Å²) in [6, 6.07) is 11.3. The Balaban J connectivity index is 2.15. The molecule has 0 bridgehead atoms. The van der Waals surface area contributed by atoms with E-state index in [0.29, 0.717) is 5.56 Å². The number of para-hydroxylation sites is 1. The van der Waals surface area contributed by atoms with Crippen LogP contribution in [0.4, 0.5) is 0 Å². The Morgan fingerprint density at radius 1 is 1.05 bits per heavy atom. The fraction of sp³-hybridized carbons (Fsp3) is 0.0714. The molecular formula is C14H13NO5S. The van der Waals surface area contributed by atoms with Crippen LogP contribution in [0.3, 0.4) is 0 Å². The Bertz CT molecular complexity index is 753. The maximum absolute atomic E-state index is 12.1. The van der Waals surface area contributed by atoms with E-state index in [1.54, 1.807) is 18.2 Å². The standard InChI is InChI=1S/C14H13NO5S/c16-13-4-2-1-3-11(13)9-15-21(19,20)12-7-5-10(6-8-12)14(17)18/h1-8,15-16H,9H2,(H,17,18). The molecule has 2 aromatic carbocycles. The second kappa shape index (κ2) is 5.94. The third-order valence-corrected chi connectivity index (χ3v) is 4.27. The molecule has 0 aliphatic carbocycles. The van der Waals surface area contributed by atoms with Crippen molar-refractivity contribution in [3.63, 3.8) is 0 Å². The van der Waals surface area contributed by atoms with Gasteiger partial charge in [-0.2, -0.15) is 0 Å². The minimum atomic E-state index is -3.77. The van der Waals surface area contributed by atoms with Crippen molar-refractivity contribution in [1.29, 1.82) is 0 Å². The number of hydrogen-bond donors (Lipinski definition) is 3. The van der Waals surface area contributed by atoms with Crippen molar-refractivity contribution in [3.8, 4) is 5.75 Å². The Morgan fingerprint density at radius 2 is 1.67 bits per heavy atom. The average molecular weight is 307 g/mol. The number of benzene rings is 2. The molecule has 0 aliphatic rings. The molecule has 0 atom stereocenters. The van der Waals surface area contributed by atoms with Gasteiger partial charge in [0, 0.05) is 12.1 Å². The molecule has 0 amide bonds. The number of phenols is 1. The number of nitrogens with one attached hydrogen (secondary N) is 1. The monoisotopic (exact) mass is 307 g/mol. The third-order valence-electron chi connectivity index (χ3n) is 2.86. The highest BCUT2D eigenvalue weighted by atomic mass is 32.2. The van der Waals surface area contributed by atoms with Gasteiger partial charge in [0.05, 0.1) is 10.5 Å². The quantitative estimate of drug-likeness (QED) is 0.778. The predicted molar refractivity (Wildman–Crippen MR) is 75.5 cm³/mol. The van der Waals surface area contributed by atoms with Crippen LogP contribution in [0.25, 0.3) is 0 Å². The van der Waals surface area contributed by atoms with Crippen LogP contribution < -0.4 is 4.72 Å². The first kappa shape index (κ1) is 15.0. The molecule has 0 aromatic heterocycles. The Morgan fingerprint density at radius 3 is 2.24 bits per heavy atom. The molecule has 2 rings (SSSR count). The first-order valence-corrected chi connectivity index (χ1v) is 7.48. The summed E-state index contributed by atoms with van der Waals surface area (Å²) in [5.74, 6) is -1.12. The molecule has 0 saturated carbocycles. The van der Waals surface area contributed by atoms with Crippen LogP contribution in [0.15, 0.2) is 53.4 Å². The van der Waals surface area contributed by atoms with Crippen LogP contribution in [0, 0.1) is 0 Å². The Kier molecular flexibility index (Phi) is 4.25. The Hall–Kier alpha value is -2.38. The van der Waals surface area contributed by atoms with Gasteiger partial charge >= 0.3 is 5.97 Å². The maximum atomic E-state index is 12.1. The number of rotatable bonds is 5. The van der Waals surface area contributed by atoms with Crippen LogP contribution in [0.5, 0.6) is 5.75 Å². The van der Waals surface area contributed by atoms with E-state index in [4.69, 9.17) is 5.11 Å². The lowest BCUT2D eigenvalue weighted by Gasteiger charge is -2.08. The second-order valence-corrected chi connectivity index (χ2v) is 6.05. The molecule has 0 aliphatic heterocycles. The van der Waals surface area contributed by atoms with Crippen molar-refractivity contribution in [1.82, 2.24) is 4.72 Å². The molecule has 21 heavy (non-hydrogen) atoms. The van der Waals surface area contributed by atoms with Gasteiger partial charge in [0.15, 0.2) is 0 Å². The fourth-order valence-electron chi connectivity index (χ4n) is 1.69. The van der Waals surface area contributed by atoms with Gasteiger partial charge in [-0.05, 0) is 30.3 Å². The highest BCUT2D eigenvalue weighted by Crippen LogP contribution is 2.17. The van der Waals surface area contributed by atoms with Crippen molar-refractivity contribution in [3.05, 3.63) is 59.7 Å². The predicted octanol–water partition coefficient (Wildman–Crippen LogP) is 1.57. The minimum Gasteiger partial charge on any atom is -0.508 e. The van der Waals surface area contributed by atoms with Crippen molar-refractivity contribution < 1.29 is 23.4 Å². The molecule has 0 fully saturated rings. The van der Waals surface area contributed by atoms with Crippen molar-refractivity contribution in [2.24, 2.45) is 0 Å². The Labute approximate surface area is 121 Å². The maximum Gasteiger partial charge on any atom is 0.335 e. The molecule has 6 nitrogen and oxygen atoms in total. The van der Waals surface area contributed by atoms with Gasteiger partial charge in [-0.1, -0.05) is 18.2 Å². The molecular weight excluding hydrogens is 294 g/mol. The van der Waals surface area contributed by atoms with Crippen molar-refractivity contribution in [2.45, 2.75) is 11.4 Å². The van der Waals surface area contributed by atoms with E-state index >= 15 is 0 Å². The highest BCUT2D eigenvalue weighted by Gasteiger charge is 2.15. The zero-order valence-electron chi connectivity index (χ0n) is 10.9.